The molecule has 1 aromatic carbocycles. The summed E-state index contributed by atoms with van der Waals surface area (Å²) in [6, 6.07) is 7.78. The maximum Gasteiger partial charge on any atom is 0.257 e. The van der Waals surface area contributed by atoms with Gasteiger partial charge in [-0.3, -0.25) is 4.79 Å². The minimum Gasteiger partial charge on any atom is -0.489 e. The molecule has 0 bridgehead atoms. The number of carbonyl (C=O) groups is 1. The van der Waals surface area contributed by atoms with Gasteiger partial charge in [0.2, 0.25) is 0 Å². The van der Waals surface area contributed by atoms with Crippen LogP contribution in [0.1, 0.15) is 23.2 Å². The number of likely N-dealkylation sites (tertiary alicyclic amines) is 1. The molecule has 1 aromatic rings. The molecule has 1 N–H and O–H groups in total. The van der Waals surface area contributed by atoms with E-state index in [1.54, 1.807) is 6.08 Å². The molecule has 1 heterocycles. The lowest BCUT2D eigenvalue weighted by Gasteiger charge is -2.32. The molecule has 1 aliphatic heterocycles. The van der Waals surface area contributed by atoms with Crippen LogP contribution < -0.4 is 10.1 Å². The molecule has 0 aromatic heterocycles. The zero-order chi connectivity index (χ0) is 14.4. The first kappa shape index (κ1) is 17.5. The van der Waals surface area contributed by atoms with E-state index < -0.39 is 0 Å². The van der Waals surface area contributed by atoms with Gasteiger partial charge in [0.1, 0.15) is 12.4 Å². The molecule has 1 amide bonds. The van der Waals surface area contributed by atoms with Crippen LogP contribution in [0, 0.1) is 0 Å². The molecule has 0 spiro atoms. The summed E-state index contributed by atoms with van der Waals surface area (Å²) in [6.45, 7) is 5.61. The summed E-state index contributed by atoms with van der Waals surface area (Å²) in [4.78, 5) is 14.5. The number of nitrogens with zero attached hydrogens (tertiary/aromatic N) is 1. The highest BCUT2D eigenvalue weighted by molar-refractivity contribution is 5.97. The Hall–Kier alpha value is -1.52. The highest BCUT2D eigenvalue weighted by Gasteiger charge is 2.25. The summed E-state index contributed by atoms with van der Waals surface area (Å²) >= 11 is 0. The molecule has 0 saturated carbocycles. The maximum absolute atomic E-state index is 12.6. The van der Waals surface area contributed by atoms with E-state index in [9.17, 15) is 4.79 Å². The Kier molecular flexibility index (Phi) is 7.26. The minimum absolute atomic E-state index is 0. The predicted octanol–water partition coefficient (Wildman–Crippen LogP) is 2.50. The summed E-state index contributed by atoms with van der Waals surface area (Å²) in [5, 5.41) is 3.25. The average molecular weight is 311 g/mol. The lowest BCUT2D eigenvalue weighted by atomic mass is 10.0. The van der Waals surface area contributed by atoms with E-state index in [2.05, 4.69) is 11.9 Å². The first-order valence-electron chi connectivity index (χ1n) is 7.05. The van der Waals surface area contributed by atoms with E-state index in [1.165, 1.54) is 0 Å². The number of piperidine rings is 1. The number of hydrogen-bond donors (Lipinski definition) is 1. The molecular weight excluding hydrogens is 288 g/mol. The second-order valence-electron chi connectivity index (χ2n) is 4.97. The third-order valence-electron chi connectivity index (χ3n) is 3.59. The van der Waals surface area contributed by atoms with Gasteiger partial charge in [-0.1, -0.05) is 24.8 Å². The molecule has 0 aliphatic carbocycles. The summed E-state index contributed by atoms with van der Waals surface area (Å²) in [5.41, 5.74) is 0.631. The smallest absolute Gasteiger partial charge is 0.257 e. The van der Waals surface area contributed by atoms with Crippen LogP contribution >= 0.6 is 12.4 Å². The molecule has 0 radical (unpaired) electrons. The number of likely N-dealkylation sites (N-methyl/N-ethyl adjacent to an activating group) is 1. The fourth-order valence-electron chi connectivity index (χ4n) is 2.49. The number of para-hydroxylation sites is 1. The molecule has 1 aliphatic rings. The Bertz CT molecular complexity index is 479. The molecule has 116 valence electrons. The average Bonchev–Trinajstić information content (AvgIpc) is 2.52. The lowest BCUT2D eigenvalue weighted by molar-refractivity contribution is 0.0694. The minimum atomic E-state index is 0. The number of rotatable bonds is 5. The first-order valence-corrected chi connectivity index (χ1v) is 7.05. The van der Waals surface area contributed by atoms with Crippen molar-refractivity contribution in [1.82, 2.24) is 10.2 Å². The Labute approximate surface area is 132 Å². The van der Waals surface area contributed by atoms with Crippen molar-refractivity contribution < 1.29 is 9.53 Å². The Morgan fingerprint density at radius 3 is 3.00 bits per heavy atom. The molecule has 1 saturated heterocycles. The molecule has 1 fully saturated rings. The first-order chi connectivity index (χ1) is 9.76. The zero-order valence-electron chi connectivity index (χ0n) is 12.4. The van der Waals surface area contributed by atoms with Crippen molar-refractivity contribution in [3.05, 3.63) is 42.5 Å². The highest BCUT2D eigenvalue weighted by atomic mass is 35.5. The topological polar surface area (TPSA) is 41.6 Å². The number of amides is 1. The van der Waals surface area contributed by atoms with Crippen LogP contribution in [0.5, 0.6) is 5.75 Å². The number of benzene rings is 1. The van der Waals surface area contributed by atoms with E-state index in [0.717, 1.165) is 25.9 Å². The van der Waals surface area contributed by atoms with Gasteiger partial charge in [0.05, 0.1) is 5.56 Å². The van der Waals surface area contributed by atoms with Gasteiger partial charge in [-0.25, -0.2) is 0 Å². The number of carbonyl (C=O) groups excluding carboxylic acids is 1. The van der Waals surface area contributed by atoms with Crippen molar-refractivity contribution in [1.29, 1.82) is 0 Å². The summed E-state index contributed by atoms with van der Waals surface area (Å²) in [6.07, 6.45) is 3.83. The van der Waals surface area contributed by atoms with E-state index >= 15 is 0 Å². The van der Waals surface area contributed by atoms with Gasteiger partial charge < -0.3 is 15.0 Å². The van der Waals surface area contributed by atoms with E-state index in [1.807, 2.05) is 36.2 Å². The van der Waals surface area contributed by atoms with Crippen LogP contribution in [0.15, 0.2) is 36.9 Å². The van der Waals surface area contributed by atoms with Crippen molar-refractivity contribution in [3.63, 3.8) is 0 Å². The van der Waals surface area contributed by atoms with Crippen LogP contribution in [0.3, 0.4) is 0 Å². The third-order valence-corrected chi connectivity index (χ3v) is 3.59. The molecule has 1 atom stereocenters. The van der Waals surface area contributed by atoms with Crippen LogP contribution in [0.25, 0.3) is 0 Å². The summed E-state index contributed by atoms with van der Waals surface area (Å²) in [7, 11) is 1.94. The van der Waals surface area contributed by atoms with E-state index in [0.29, 0.717) is 24.0 Å². The fourth-order valence-corrected chi connectivity index (χ4v) is 2.49. The molecule has 1 unspecified atom stereocenters. The Morgan fingerprint density at radius 2 is 2.29 bits per heavy atom. The normalized spacial score (nSPS) is 17.8. The Morgan fingerprint density at radius 1 is 1.52 bits per heavy atom. The van der Waals surface area contributed by atoms with Crippen LogP contribution in [0.4, 0.5) is 0 Å². The largest absolute Gasteiger partial charge is 0.489 e. The van der Waals surface area contributed by atoms with Crippen LogP contribution in [-0.2, 0) is 0 Å². The Balaban J connectivity index is 0.00000220. The quantitative estimate of drug-likeness (QED) is 0.850. The number of halogens is 1. The van der Waals surface area contributed by atoms with E-state index in [-0.39, 0.29) is 18.3 Å². The summed E-state index contributed by atoms with van der Waals surface area (Å²) in [5.74, 6) is 0.675. The maximum atomic E-state index is 12.6. The van der Waals surface area contributed by atoms with Gasteiger partial charge in [-0.2, -0.15) is 0 Å². The lowest BCUT2D eigenvalue weighted by Crippen LogP contribution is -2.47. The highest BCUT2D eigenvalue weighted by Crippen LogP contribution is 2.22. The van der Waals surface area contributed by atoms with Crippen molar-refractivity contribution >= 4 is 18.3 Å². The fraction of sp³-hybridized carbons (Fsp3) is 0.438. The number of ether oxygens (including phenoxy) is 1. The molecule has 4 nitrogen and oxygen atoms in total. The second kappa shape index (κ2) is 8.70. The summed E-state index contributed by atoms with van der Waals surface area (Å²) < 4.78 is 5.57. The van der Waals surface area contributed by atoms with Crippen molar-refractivity contribution in [2.45, 2.75) is 18.9 Å². The predicted molar refractivity (Wildman–Crippen MR) is 87.4 cm³/mol. The molecule has 2 rings (SSSR count). The van der Waals surface area contributed by atoms with Crippen LogP contribution in [0.2, 0.25) is 0 Å². The molecule has 5 heteroatoms. The van der Waals surface area contributed by atoms with Crippen molar-refractivity contribution in [2.75, 3.05) is 26.7 Å². The number of hydrogen-bond acceptors (Lipinski definition) is 3. The third kappa shape index (κ3) is 4.48. The second-order valence-corrected chi connectivity index (χ2v) is 4.97. The van der Waals surface area contributed by atoms with E-state index in [4.69, 9.17) is 4.74 Å². The standard InChI is InChI=1S/C16H22N2O2.ClH/c1-3-11-20-15-9-5-4-8-14(15)16(19)18-10-6-7-13(12-18)17-2;/h3-5,8-9,13,17H,1,6-7,10-12H2,2H3;1H. The molecular formula is C16H23ClN2O2. The van der Waals surface area contributed by atoms with Crippen molar-refractivity contribution in [3.8, 4) is 5.75 Å². The monoisotopic (exact) mass is 310 g/mol. The van der Waals surface area contributed by atoms with Gasteiger partial charge in [0.15, 0.2) is 0 Å². The van der Waals surface area contributed by atoms with Gasteiger partial charge in [-0.15, -0.1) is 12.4 Å². The van der Waals surface area contributed by atoms with Gasteiger partial charge >= 0.3 is 0 Å². The van der Waals surface area contributed by atoms with Gasteiger partial charge in [0, 0.05) is 19.1 Å². The SMILES string of the molecule is C=CCOc1ccccc1C(=O)N1CCCC(NC)C1.Cl. The zero-order valence-corrected chi connectivity index (χ0v) is 13.2. The number of nitrogens with one attached hydrogen (secondary N) is 1. The van der Waals surface area contributed by atoms with Gasteiger partial charge in [0.25, 0.3) is 5.91 Å². The van der Waals surface area contributed by atoms with Gasteiger partial charge in [-0.05, 0) is 32.0 Å². The van der Waals surface area contributed by atoms with Crippen LogP contribution in [-0.4, -0.2) is 43.6 Å². The molecule has 21 heavy (non-hydrogen) atoms. The van der Waals surface area contributed by atoms with Crippen molar-refractivity contribution in [2.24, 2.45) is 0 Å².